The van der Waals surface area contributed by atoms with Gasteiger partial charge in [0.05, 0.1) is 5.75 Å². The molecule has 0 bridgehead atoms. The quantitative estimate of drug-likeness (QED) is 0.736. The zero-order valence-corrected chi connectivity index (χ0v) is 11.0. The number of carbonyl (C=O) groups excluding carboxylic acids is 1. The highest BCUT2D eigenvalue weighted by Crippen LogP contribution is 2.15. The van der Waals surface area contributed by atoms with E-state index < -0.39 is 12.0 Å². The number of aliphatic carboxylic acids is 1. The van der Waals surface area contributed by atoms with Gasteiger partial charge in [0.1, 0.15) is 6.04 Å². The number of carbonyl (C=O) groups is 2. The molecule has 0 saturated carbocycles. The van der Waals surface area contributed by atoms with Crippen LogP contribution >= 0.6 is 23.4 Å². The molecule has 1 aromatic rings. The number of hydrogen-bond acceptors (Lipinski definition) is 4. The molecule has 0 saturated heterocycles. The first-order valence-corrected chi connectivity index (χ1v) is 6.64. The van der Waals surface area contributed by atoms with Gasteiger partial charge in [0.2, 0.25) is 5.91 Å². The van der Waals surface area contributed by atoms with Gasteiger partial charge in [0, 0.05) is 16.5 Å². The van der Waals surface area contributed by atoms with Crippen molar-refractivity contribution >= 4 is 40.9 Å². The summed E-state index contributed by atoms with van der Waals surface area (Å²) in [6, 6.07) is 5.84. The Morgan fingerprint density at radius 3 is 2.83 bits per heavy atom. The minimum Gasteiger partial charge on any atom is -0.480 e. The monoisotopic (exact) mass is 288 g/mol. The predicted octanol–water partition coefficient (Wildman–Crippen LogP) is 1.42. The second kappa shape index (κ2) is 7.25. The first kappa shape index (κ1) is 14.8. The fourth-order valence-electron chi connectivity index (χ4n) is 1.11. The number of rotatable bonds is 6. The molecule has 1 unspecified atom stereocenters. The number of thioether (sulfide) groups is 1. The lowest BCUT2D eigenvalue weighted by atomic mass is 10.3. The Bertz CT molecular complexity index is 442. The maximum Gasteiger partial charge on any atom is 0.321 e. The Hall–Kier alpha value is -1.24. The third kappa shape index (κ3) is 5.39. The molecule has 98 valence electrons. The van der Waals surface area contributed by atoms with Gasteiger partial charge in [-0.25, -0.2) is 0 Å². The number of hydrogen-bond donors (Lipinski definition) is 3. The second-order valence-corrected chi connectivity index (χ2v) is 4.99. The second-order valence-electron chi connectivity index (χ2n) is 3.52. The zero-order chi connectivity index (χ0) is 13.5. The van der Waals surface area contributed by atoms with Gasteiger partial charge < -0.3 is 16.2 Å². The van der Waals surface area contributed by atoms with Crippen molar-refractivity contribution in [2.24, 2.45) is 5.73 Å². The first-order chi connectivity index (χ1) is 8.49. The van der Waals surface area contributed by atoms with E-state index in [0.29, 0.717) is 10.7 Å². The van der Waals surface area contributed by atoms with Gasteiger partial charge in [-0.2, -0.15) is 0 Å². The molecule has 0 fully saturated rings. The zero-order valence-electron chi connectivity index (χ0n) is 9.43. The summed E-state index contributed by atoms with van der Waals surface area (Å²) >= 11 is 6.94. The predicted molar refractivity (Wildman–Crippen MR) is 73.0 cm³/mol. The van der Waals surface area contributed by atoms with Gasteiger partial charge in [-0.05, 0) is 18.2 Å². The van der Waals surface area contributed by atoms with E-state index in [9.17, 15) is 9.59 Å². The first-order valence-electron chi connectivity index (χ1n) is 5.10. The van der Waals surface area contributed by atoms with E-state index in [-0.39, 0.29) is 17.4 Å². The van der Waals surface area contributed by atoms with E-state index in [0.717, 1.165) is 0 Å². The van der Waals surface area contributed by atoms with Crippen LogP contribution in [-0.2, 0) is 9.59 Å². The molecule has 1 rings (SSSR count). The van der Waals surface area contributed by atoms with E-state index in [1.54, 1.807) is 24.3 Å². The van der Waals surface area contributed by atoms with Crippen molar-refractivity contribution in [1.82, 2.24) is 0 Å². The summed E-state index contributed by atoms with van der Waals surface area (Å²) in [4.78, 5) is 22.0. The molecular weight excluding hydrogens is 276 g/mol. The van der Waals surface area contributed by atoms with Crippen molar-refractivity contribution < 1.29 is 14.7 Å². The number of anilines is 1. The van der Waals surface area contributed by atoms with Gasteiger partial charge in [0.25, 0.3) is 0 Å². The van der Waals surface area contributed by atoms with E-state index in [1.807, 2.05) is 0 Å². The van der Waals surface area contributed by atoms with Crippen molar-refractivity contribution in [1.29, 1.82) is 0 Å². The van der Waals surface area contributed by atoms with Crippen molar-refractivity contribution in [3.8, 4) is 0 Å². The van der Waals surface area contributed by atoms with Crippen LogP contribution in [0.3, 0.4) is 0 Å². The van der Waals surface area contributed by atoms with Crippen molar-refractivity contribution in [2.75, 3.05) is 16.8 Å². The fraction of sp³-hybridized carbons (Fsp3) is 0.273. The van der Waals surface area contributed by atoms with Gasteiger partial charge in [0.15, 0.2) is 0 Å². The maximum absolute atomic E-state index is 11.5. The number of benzene rings is 1. The summed E-state index contributed by atoms with van der Waals surface area (Å²) < 4.78 is 0. The standard InChI is InChI=1S/C11H13ClN2O3S/c12-7-2-1-3-8(4-7)14-10(15)6-18-5-9(13)11(16)17/h1-4,9H,5-6,13H2,(H,14,15)(H,16,17). The van der Waals surface area contributed by atoms with Crippen LogP contribution in [0.1, 0.15) is 0 Å². The summed E-state index contributed by atoms with van der Waals surface area (Å²) in [5.74, 6) is -0.955. The molecule has 4 N–H and O–H groups in total. The molecule has 0 radical (unpaired) electrons. The number of nitrogens with two attached hydrogens (primary N) is 1. The molecule has 0 heterocycles. The molecule has 1 amide bonds. The molecule has 5 nitrogen and oxygen atoms in total. The molecule has 0 aliphatic rings. The fourth-order valence-corrected chi connectivity index (χ4v) is 2.08. The number of halogens is 1. The van der Waals surface area contributed by atoms with Gasteiger partial charge in [-0.3, -0.25) is 9.59 Å². The normalized spacial score (nSPS) is 11.9. The van der Waals surface area contributed by atoms with Gasteiger partial charge in [-0.1, -0.05) is 17.7 Å². The minimum atomic E-state index is -1.07. The number of amides is 1. The largest absolute Gasteiger partial charge is 0.480 e. The van der Waals surface area contributed by atoms with E-state index in [2.05, 4.69) is 5.32 Å². The topological polar surface area (TPSA) is 92.4 Å². The molecular formula is C11H13ClN2O3S. The highest BCUT2D eigenvalue weighted by Gasteiger charge is 2.12. The Balaban J connectivity index is 2.32. The Morgan fingerprint density at radius 2 is 2.22 bits per heavy atom. The Labute approximate surface area is 114 Å². The summed E-state index contributed by atoms with van der Waals surface area (Å²) in [6.45, 7) is 0. The van der Waals surface area contributed by atoms with Crippen molar-refractivity contribution in [2.45, 2.75) is 6.04 Å². The van der Waals surface area contributed by atoms with Crippen LogP contribution in [0.5, 0.6) is 0 Å². The molecule has 1 aromatic carbocycles. The van der Waals surface area contributed by atoms with E-state index in [4.69, 9.17) is 22.4 Å². The Morgan fingerprint density at radius 1 is 1.50 bits per heavy atom. The van der Waals surface area contributed by atoms with Crippen LogP contribution < -0.4 is 11.1 Å². The average molecular weight is 289 g/mol. The van der Waals surface area contributed by atoms with Crippen LogP contribution in [0.2, 0.25) is 5.02 Å². The lowest BCUT2D eigenvalue weighted by molar-refractivity contribution is -0.137. The third-order valence-corrected chi connectivity index (χ3v) is 3.25. The molecule has 0 aliphatic heterocycles. The smallest absolute Gasteiger partial charge is 0.321 e. The molecule has 7 heteroatoms. The molecule has 0 spiro atoms. The molecule has 1 atom stereocenters. The van der Waals surface area contributed by atoms with Crippen molar-refractivity contribution in [3.63, 3.8) is 0 Å². The lowest BCUT2D eigenvalue weighted by Gasteiger charge is -2.07. The highest BCUT2D eigenvalue weighted by atomic mass is 35.5. The molecule has 18 heavy (non-hydrogen) atoms. The lowest BCUT2D eigenvalue weighted by Crippen LogP contribution is -2.33. The highest BCUT2D eigenvalue weighted by molar-refractivity contribution is 8.00. The SMILES string of the molecule is NC(CSCC(=O)Nc1cccc(Cl)c1)C(=O)O. The van der Waals surface area contributed by atoms with Crippen LogP contribution in [0.4, 0.5) is 5.69 Å². The van der Waals surface area contributed by atoms with E-state index in [1.165, 1.54) is 11.8 Å². The van der Waals surface area contributed by atoms with Crippen molar-refractivity contribution in [3.05, 3.63) is 29.3 Å². The van der Waals surface area contributed by atoms with Gasteiger partial charge in [-0.15, -0.1) is 11.8 Å². The summed E-state index contributed by atoms with van der Waals surface area (Å²) in [6.07, 6.45) is 0. The molecule has 0 aromatic heterocycles. The Kier molecular flexibility index (Phi) is 5.97. The number of carboxylic acids is 1. The van der Waals surface area contributed by atoms with Crippen LogP contribution in [0.15, 0.2) is 24.3 Å². The number of nitrogens with one attached hydrogen (secondary N) is 1. The summed E-state index contributed by atoms with van der Waals surface area (Å²) in [5.41, 5.74) is 5.91. The minimum absolute atomic E-state index is 0.146. The van der Waals surface area contributed by atoms with Crippen LogP contribution in [0.25, 0.3) is 0 Å². The van der Waals surface area contributed by atoms with Gasteiger partial charge >= 0.3 is 5.97 Å². The molecule has 0 aliphatic carbocycles. The number of carboxylic acid groups (broad SMARTS) is 1. The average Bonchev–Trinajstić information content (AvgIpc) is 2.28. The maximum atomic E-state index is 11.5. The van der Waals surface area contributed by atoms with Crippen LogP contribution in [-0.4, -0.2) is 34.5 Å². The third-order valence-electron chi connectivity index (χ3n) is 1.96. The summed E-state index contributed by atoms with van der Waals surface area (Å²) in [5, 5.41) is 11.7. The summed E-state index contributed by atoms with van der Waals surface area (Å²) in [7, 11) is 0. The van der Waals surface area contributed by atoms with E-state index >= 15 is 0 Å². The van der Waals surface area contributed by atoms with Crippen LogP contribution in [0, 0.1) is 0 Å².